The lowest BCUT2D eigenvalue weighted by Gasteiger charge is -2.14. The van der Waals surface area contributed by atoms with Crippen LogP contribution in [0.5, 0.6) is 0 Å². The van der Waals surface area contributed by atoms with E-state index in [0.717, 1.165) is 33.4 Å². The van der Waals surface area contributed by atoms with Gasteiger partial charge in [0.2, 0.25) is 0 Å². The Balaban J connectivity index is 2.14. The molecule has 0 heterocycles. The number of benzene rings is 3. The Hall–Kier alpha value is -3.40. The molecule has 26 heavy (non-hydrogen) atoms. The minimum absolute atomic E-state index is 0.241. The Labute approximate surface area is 151 Å². The van der Waals surface area contributed by atoms with Crippen LogP contribution in [-0.4, -0.2) is 22.2 Å². The highest BCUT2D eigenvalue weighted by molar-refractivity contribution is 5.91. The number of carbonyl (C=O) groups is 2. The maximum absolute atomic E-state index is 11.1. The zero-order valence-electron chi connectivity index (χ0n) is 14.5. The van der Waals surface area contributed by atoms with E-state index in [9.17, 15) is 9.59 Å². The van der Waals surface area contributed by atoms with Gasteiger partial charge in [0.25, 0.3) is 0 Å². The first-order valence-corrected chi connectivity index (χ1v) is 8.15. The number of carboxylic acid groups (broad SMARTS) is 2. The van der Waals surface area contributed by atoms with Crippen LogP contribution in [0.3, 0.4) is 0 Å². The molecule has 0 aliphatic rings. The second-order valence-electron chi connectivity index (χ2n) is 6.25. The number of aromatic carboxylic acids is 2. The maximum atomic E-state index is 11.1. The normalized spacial score (nSPS) is 10.5. The van der Waals surface area contributed by atoms with Crippen LogP contribution in [0.25, 0.3) is 22.3 Å². The van der Waals surface area contributed by atoms with E-state index >= 15 is 0 Å². The number of aryl methyl sites for hydroxylation is 2. The molecule has 0 amide bonds. The molecule has 0 atom stereocenters. The van der Waals surface area contributed by atoms with Gasteiger partial charge in [-0.05, 0) is 71.5 Å². The average molecular weight is 346 g/mol. The topological polar surface area (TPSA) is 74.6 Å². The molecule has 4 heteroatoms. The number of hydrogen-bond acceptors (Lipinski definition) is 2. The van der Waals surface area contributed by atoms with Crippen LogP contribution in [-0.2, 0) is 0 Å². The highest BCUT2D eigenvalue weighted by atomic mass is 16.4. The first-order chi connectivity index (χ1) is 12.4. The quantitative estimate of drug-likeness (QED) is 0.694. The van der Waals surface area contributed by atoms with Gasteiger partial charge in [0.1, 0.15) is 0 Å². The summed E-state index contributed by atoms with van der Waals surface area (Å²) in [6.07, 6.45) is 0. The summed E-state index contributed by atoms with van der Waals surface area (Å²) in [5, 5.41) is 18.2. The monoisotopic (exact) mass is 346 g/mol. The lowest BCUT2D eigenvalue weighted by atomic mass is 9.90. The first-order valence-electron chi connectivity index (χ1n) is 8.15. The summed E-state index contributed by atoms with van der Waals surface area (Å²) in [6, 6.07) is 17.7. The third-order valence-electron chi connectivity index (χ3n) is 4.52. The van der Waals surface area contributed by atoms with Crippen LogP contribution in [0, 0.1) is 13.8 Å². The summed E-state index contributed by atoms with van der Waals surface area (Å²) in [5.41, 5.74) is 6.53. The molecule has 3 aromatic carbocycles. The molecule has 130 valence electrons. The molecular weight excluding hydrogens is 328 g/mol. The van der Waals surface area contributed by atoms with Crippen molar-refractivity contribution in [1.82, 2.24) is 0 Å². The highest BCUT2D eigenvalue weighted by Gasteiger charge is 2.12. The molecule has 3 rings (SSSR count). The summed E-state index contributed by atoms with van der Waals surface area (Å²) in [5.74, 6) is -1.91. The van der Waals surface area contributed by atoms with Crippen LogP contribution < -0.4 is 0 Å². The molecule has 0 fully saturated rings. The van der Waals surface area contributed by atoms with E-state index in [2.05, 4.69) is 12.1 Å². The van der Waals surface area contributed by atoms with Gasteiger partial charge in [-0.2, -0.15) is 0 Å². The average Bonchev–Trinajstić information content (AvgIpc) is 2.63. The van der Waals surface area contributed by atoms with E-state index in [1.807, 2.05) is 13.8 Å². The van der Waals surface area contributed by atoms with Gasteiger partial charge in [0.15, 0.2) is 0 Å². The zero-order chi connectivity index (χ0) is 18.8. The van der Waals surface area contributed by atoms with Crippen LogP contribution in [0.4, 0.5) is 0 Å². The molecular formula is C22H18O4. The van der Waals surface area contributed by atoms with E-state index < -0.39 is 11.9 Å². The van der Waals surface area contributed by atoms with Gasteiger partial charge < -0.3 is 10.2 Å². The Kier molecular flexibility index (Phi) is 4.59. The Bertz CT molecular complexity index is 901. The molecule has 0 spiro atoms. The third-order valence-corrected chi connectivity index (χ3v) is 4.52. The molecule has 0 unspecified atom stereocenters. The minimum atomic E-state index is -0.957. The molecule has 3 aromatic rings. The lowest BCUT2D eigenvalue weighted by Crippen LogP contribution is -1.97. The van der Waals surface area contributed by atoms with E-state index in [-0.39, 0.29) is 11.1 Å². The summed E-state index contributed by atoms with van der Waals surface area (Å²) >= 11 is 0. The van der Waals surface area contributed by atoms with Gasteiger partial charge >= 0.3 is 11.9 Å². The molecule has 0 aliphatic heterocycles. The van der Waals surface area contributed by atoms with Gasteiger partial charge in [-0.25, -0.2) is 9.59 Å². The number of rotatable bonds is 4. The molecule has 0 aromatic heterocycles. The second kappa shape index (κ2) is 6.84. The second-order valence-corrected chi connectivity index (χ2v) is 6.25. The van der Waals surface area contributed by atoms with Crippen LogP contribution in [0.15, 0.2) is 60.7 Å². The zero-order valence-corrected chi connectivity index (χ0v) is 14.5. The van der Waals surface area contributed by atoms with Crippen LogP contribution >= 0.6 is 0 Å². The van der Waals surface area contributed by atoms with E-state index in [1.54, 1.807) is 48.5 Å². The fourth-order valence-electron chi connectivity index (χ4n) is 2.88. The summed E-state index contributed by atoms with van der Waals surface area (Å²) in [6.45, 7) is 4.06. The summed E-state index contributed by atoms with van der Waals surface area (Å²) in [7, 11) is 0. The lowest BCUT2D eigenvalue weighted by molar-refractivity contribution is 0.0686. The van der Waals surface area contributed by atoms with Gasteiger partial charge in [0.05, 0.1) is 11.1 Å². The van der Waals surface area contributed by atoms with E-state index in [4.69, 9.17) is 10.2 Å². The molecule has 4 nitrogen and oxygen atoms in total. The van der Waals surface area contributed by atoms with Crippen LogP contribution in [0.2, 0.25) is 0 Å². The Morgan fingerprint density at radius 3 is 1.19 bits per heavy atom. The minimum Gasteiger partial charge on any atom is -0.478 e. The van der Waals surface area contributed by atoms with Crippen molar-refractivity contribution in [2.24, 2.45) is 0 Å². The van der Waals surface area contributed by atoms with Crippen molar-refractivity contribution in [1.29, 1.82) is 0 Å². The maximum Gasteiger partial charge on any atom is 0.335 e. The SMILES string of the molecule is Cc1cc(-c2ccc(C(=O)O)cc2)c(-c2ccc(C(=O)O)cc2)cc1C. The molecule has 0 radical (unpaired) electrons. The van der Waals surface area contributed by atoms with Gasteiger partial charge in [0, 0.05) is 0 Å². The first kappa shape index (κ1) is 17.4. The van der Waals surface area contributed by atoms with Crippen molar-refractivity contribution < 1.29 is 19.8 Å². The van der Waals surface area contributed by atoms with E-state index in [0.29, 0.717) is 0 Å². The van der Waals surface area contributed by atoms with Crippen molar-refractivity contribution in [3.05, 3.63) is 82.9 Å². The van der Waals surface area contributed by atoms with Crippen molar-refractivity contribution in [3.8, 4) is 22.3 Å². The van der Waals surface area contributed by atoms with Gasteiger partial charge in [-0.3, -0.25) is 0 Å². The third kappa shape index (κ3) is 3.35. The smallest absolute Gasteiger partial charge is 0.335 e. The van der Waals surface area contributed by atoms with Gasteiger partial charge in [-0.15, -0.1) is 0 Å². The number of hydrogen-bond donors (Lipinski definition) is 2. The Morgan fingerprint density at radius 1 is 0.615 bits per heavy atom. The molecule has 0 saturated heterocycles. The number of carboxylic acids is 2. The van der Waals surface area contributed by atoms with E-state index in [1.165, 1.54) is 0 Å². The Morgan fingerprint density at radius 2 is 0.923 bits per heavy atom. The molecule has 0 aliphatic carbocycles. The predicted molar refractivity (Wildman–Crippen MR) is 101 cm³/mol. The van der Waals surface area contributed by atoms with Crippen molar-refractivity contribution in [3.63, 3.8) is 0 Å². The fourth-order valence-corrected chi connectivity index (χ4v) is 2.88. The molecule has 2 N–H and O–H groups in total. The highest BCUT2D eigenvalue weighted by Crippen LogP contribution is 2.34. The fraction of sp³-hybridized carbons (Fsp3) is 0.0909. The van der Waals surface area contributed by atoms with Gasteiger partial charge in [-0.1, -0.05) is 36.4 Å². The molecule has 0 saturated carbocycles. The molecule has 0 bridgehead atoms. The predicted octanol–water partition coefficient (Wildman–Crippen LogP) is 5.03. The largest absolute Gasteiger partial charge is 0.478 e. The van der Waals surface area contributed by atoms with Crippen molar-refractivity contribution in [2.75, 3.05) is 0 Å². The van der Waals surface area contributed by atoms with Crippen molar-refractivity contribution >= 4 is 11.9 Å². The summed E-state index contributed by atoms with van der Waals surface area (Å²) in [4.78, 5) is 22.1. The van der Waals surface area contributed by atoms with Crippen LogP contribution in [0.1, 0.15) is 31.8 Å². The standard InChI is InChI=1S/C22H18O4/c1-13-11-19(15-3-7-17(8-4-15)21(23)24)20(12-14(13)2)16-5-9-18(10-6-16)22(25)26/h3-12H,1-2H3,(H,23,24)(H,25,26). The van der Waals surface area contributed by atoms with Crippen molar-refractivity contribution in [2.45, 2.75) is 13.8 Å². The summed E-state index contributed by atoms with van der Waals surface area (Å²) < 4.78 is 0.